The first-order valence-corrected chi connectivity index (χ1v) is 20.2. The molecule has 1 atom stereocenters. The van der Waals surface area contributed by atoms with Crippen LogP contribution in [-0.4, -0.2) is 76.6 Å². The van der Waals surface area contributed by atoms with E-state index in [1.165, 1.54) is 0 Å². The molecular weight excluding hydrogens is 680 g/mol. The van der Waals surface area contributed by atoms with Crippen molar-refractivity contribution in [1.82, 2.24) is 0 Å². The third kappa shape index (κ3) is 11.5. The van der Waals surface area contributed by atoms with Crippen molar-refractivity contribution in [2.24, 2.45) is 29.1 Å². The zero-order valence-electron chi connectivity index (χ0n) is 34.7. The van der Waals surface area contributed by atoms with Crippen LogP contribution in [0.15, 0.2) is 48.5 Å². The van der Waals surface area contributed by atoms with Crippen molar-refractivity contribution in [1.29, 1.82) is 0 Å². The van der Waals surface area contributed by atoms with Crippen LogP contribution in [0.2, 0.25) is 0 Å². The largest absolute Gasteiger partial charge is 0.491 e. The highest BCUT2D eigenvalue weighted by molar-refractivity contribution is 5.89. The fourth-order valence-corrected chi connectivity index (χ4v) is 8.41. The van der Waals surface area contributed by atoms with Gasteiger partial charge in [-0.05, 0) is 153 Å². The Labute approximate surface area is 325 Å². The highest BCUT2D eigenvalue weighted by Crippen LogP contribution is 2.50. The highest BCUT2D eigenvalue weighted by atomic mass is 16.5. The molecule has 0 bridgehead atoms. The van der Waals surface area contributed by atoms with Crippen LogP contribution in [0, 0.1) is 29.1 Å². The Balaban J connectivity index is 1.38. The lowest BCUT2D eigenvalue weighted by Gasteiger charge is -2.53. The number of hydrogen-bond acceptors (Lipinski definition) is 8. The third-order valence-corrected chi connectivity index (χ3v) is 12.6. The molecule has 0 aromatic heterocycles. The van der Waals surface area contributed by atoms with E-state index in [4.69, 9.17) is 28.4 Å². The maximum absolute atomic E-state index is 14.8. The van der Waals surface area contributed by atoms with Gasteiger partial charge in [0.1, 0.15) is 36.3 Å². The molecule has 8 nitrogen and oxygen atoms in total. The van der Waals surface area contributed by atoms with Gasteiger partial charge in [0.2, 0.25) is 0 Å². The van der Waals surface area contributed by atoms with Gasteiger partial charge in [0, 0.05) is 32.7 Å². The monoisotopic (exact) mass is 748 g/mol. The van der Waals surface area contributed by atoms with Crippen molar-refractivity contribution in [2.75, 3.05) is 53.9 Å². The number of Topliss-reactive ketones (excluding diaryl/α,β-unsaturated/α-hetero) is 2. The van der Waals surface area contributed by atoms with E-state index in [1.54, 1.807) is 21.1 Å². The van der Waals surface area contributed by atoms with Crippen LogP contribution in [0.4, 0.5) is 0 Å². The maximum Gasteiger partial charge on any atom is 0.147 e. The average Bonchev–Trinajstić information content (AvgIpc) is 3.16. The van der Waals surface area contributed by atoms with E-state index in [-0.39, 0.29) is 23.4 Å². The molecule has 300 valence electrons. The Morgan fingerprint density at radius 1 is 0.611 bits per heavy atom. The van der Waals surface area contributed by atoms with E-state index >= 15 is 0 Å². The smallest absolute Gasteiger partial charge is 0.147 e. The molecule has 2 saturated carbocycles. The van der Waals surface area contributed by atoms with Crippen molar-refractivity contribution in [3.05, 3.63) is 59.7 Å². The number of methoxy groups -OCH3 is 2. The van der Waals surface area contributed by atoms with Gasteiger partial charge in [-0.3, -0.25) is 9.59 Å². The van der Waals surface area contributed by atoms with Gasteiger partial charge >= 0.3 is 0 Å². The summed E-state index contributed by atoms with van der Waals surface area (Å²) in [4.78, 5) is 26.9. The molecule has 0 amide bonds. The summed E-state index contributed by atoms with van der Waals surface area (Å²) in [7, 11) is 3.44. The van der Waals surface area contributed by atoms with E-state index < -0.39 is 16.6 Å². The first-order chi connectivity index (χ1) is 25.7. The van der Waals surface area contributed by atoms with E-state index in [0.717, 1.165) is 86.2 Å². The molecule has 1 unspecified atom stereocenters. The standard InChI is InChI=1S/C46H68O8/c1-33(30-35-14-22-41(23-15-35)51-27-26-49-8)38-20-24-42(25-21-38)52-28-29-53-44(3,4)46(7,43(48)40-18-16-39(17-19-40)34(2)47)45(5,6)54-32-37-12-10-36(11-13-37)31-50-9/h14-15,20-25,30,36-37,39-40H,10-13,16-19,26-29,31-32H2,1-9H3. The van der Waals surface area contributed by atoms with Crippen LogP contribution >= 0.6 is 0 Å². The lowest BCUT2D eigenvalue weighted by molar-refractivity contribution is -0.213. The number of ether oxygens (including phenoxy) is 6. The second-order valence-electron chi connectivity index (χ2n) is 16.8. The Hall–Kier alpha value is -3.04. The number of carbonyl (C=O) groups is 2. The van der Waals surface area contributed by atoms with Gasteiger partial charge in [-0.25, -0.2) is 0 Å². The van der Waals surface area contributed by atoms with Crippen LogP contribution in [-0.2, 0) is 28.5 Å². The fourth-order valence-electron chi connectivity index (χ4n) is 8.41. The Kier molecular flexibility index (Phi) is 16.4. The van der Waals surface area contributed by atoms with Gasteiger partial charge in [0.05, 0.1) is 36.4 Å². The molecule has 54 heavy (non-hydrogen) atoms. The van der Waals surface area contributed by atoms with Gasteiger partial charge in [0.15, 0.2) is 0 Å². The molecule has 4 rings (SSSR count). The van der Waals surface area contributed by atoms with Gasteiger partial charge in [0.25, 0.3) is 0 Å². The number of benzene rings is 2. The van der Waals surface area contributed by atoms with Gasteiger partial charge < -0.3 is 28.4 Å². The molecule has 2 fully saturated rings. The summed E-state index contributed by atoms with van der Waals surface area (Å²) in [6, 6.07) is 16.1. The first-order valence-electron chi connectivity index (χ1n) is 20.2. The van der Waals surface area contributed by atoms with E-state index in [9.17, 15) is 9.59 Å². The van der Waals surface area contributed by atoms with Crippen molar-refractivity contribution >= 4 is 23.2 Å². The zero-order chi connectivity index (χ0) is 39.4. The van der Waals surface area contributed by atoms with Crippen molar-refractivity contribution in [2.45, 2.75) is 111 Å². The van der Waals surface area contributed by atoms with Gasteiger partial charge in [-0.2, -0.15) is 0 Å². The van der Waals surface area contributed by atoms with Crippen molar-refractivity contribution in [3.8, 4) is 11.5 Å². The molecule has 2 aliphatic rings. The number of carbonyl (C=O) groups excluding carboxylic acids is 2. The maximum atomic E-state index is 14.8. The summed E-state index contributed by atoms with van der Waals surface area (Å²) in [5.41, 5.74) is 0.739. The van der Waals surface area contributed by atoms with Crippen LogP contribution in [0.5, 0.6) is 11.5 Å². The number of allylic oxidation sites excluding steroid dienone is 1. The van der Waals surface area contributed by atoms with Crippen molar-refractivity contribution < 1.29 is 38.0 Å². The molecular formula is C46H68O8. The summed E-state index contributed by atoms with van der Waals surface area (Å²) in [6.45, 7) is 17.2. The van der Waals surface area contributed by atoms with Gasteiger partial charge in [-0.15, -0.1) is 0 Å². The lowest BCUT2D eigenvalue weighted by Crippen LogP contribution is -2.63. The topological polar surface area (TPSA) is 89.5 Å². The van der Waals surface area contributed by atoms with E-state index in [1.807, 2.05) is 57.2 Å². The number of hydrogen-bond donors (Lipinski definition) is 0. The minimum absolute atomic E-state index is 0.0533. The summed E-state index contributed by atoms with van der Waals surface area (Å²) >= 11 is 0. The Morgan fingerprint density at radius 2 is 1.11 bits per heavy atom. The van der Waals surface area contributed by atoms with E-state index in [0.29, 0.717) is 44.9 Å². The molecule has 0 heterocycles. The molecule has 0 N–H and O–H groups in total. The predicted molar refractivity (Wildman–Crippen MR) is 216 cm³/mol. The number of rotatable bonds is 21. The summed E-state index contributed by atoms with van der Waals surface area (Å²) < 4.78 is 35.8. The quantitative estimate of drug-likeness (QED) is 0.0922. The van der Waals surface area contributed by atoms with Crippen molar-refractivity contribution in [3.63, 3.8) is 0 Å². The highest BCUT2D eigenvalue weighted by Gasteiger charge is 2.59. The number of ketones is 2. The predicted octanol–water partition coefficient (Wildman–Crippen LogP) is 9.67. The Morgan fingerprint density at radius 3 is 1.65 bits per heavy atom. The molecule has 0 spiro atoms. The zero-order valence-corrected chi connectivity index (χ0v) is 34.7. The molecule has 2 aromatic rings. The fraction of sp³-hybridized carbons (Fsp3) is 0.652. The minimum Gasteiger partial charge on any atom is -0.491 e. The summed E-state index contributed by atoms with van der Waals surface area (Å²) in [5.74, 6) is 2.98. The lowest BCUT2D eigenvalue weighted by atomic mass is 9.58. The molecule has 8 heteroatoms. The van der Waals surface area contributed by atoms with E-state index in [2.05, 4.69) is 39.0 Å². The molecule has 0 radical (unpaired) electrons. The molecule has 2 aromatic carbocycles. The normalized spacial score (nSPS) is 22.4. The summed E-state index contributed by atoms with van der Waals surface area (Å²) in [6.07, 6.45) is 9.62. The minimum atomic E-state index is -0.955. The average molecular weight is 749 g/mol. The molecule has 0 aliphatic heterocycles. The van der Waals surface area contributed by atoms with Crippen LogP contribution in [0.3, 0.4) is 0 Å². The summed E-state index contributed by atoms with van der Waals surface area (Å²) in [5, 5.41) is 0. The SMILES string of the molecule is COCCOc1ccc(C=C(C)c2ccc(OCCOC(C)(C)C(C)(C(=O)C3CCC(C(C)=O)CC3)C(C)(C)OCC3CCC(COC)CC3)cc2)cc1. The Bertz CT molecular complexity index is 1480. The molecule has 0 saturated heterocycles. The van der Waals surface area contributed by atoms with Crippen LogP contribution in [0.25, 0.3) is 11.6 Å². The second-order valence-corrected chi connectivity index (χ2v) is 16.8. The third-order valence-electron chi connectivity index (χ3n) is 12.6. The second kappa shape index (κ2) is 20.2. The first kappa shape index (κ1) is 43.7. The van der Waals surface area contributed by atoms with Crippen LogP contribution < -0.4 is 9.47 Å². The van der Waals surface area contributed by atoms with Gasteiger partial charge in [-0.1, -0.05) is 30.3 Å². The van der Waals surface area contributed by atoms with Crippen LogP contribution in [0.1, 0.15) is 111 Å². The molecule has 2 aliphatic carbocycles.